The fraction of sp³-hybridized carbons (Fsp3) is 0.714. The van der Waals surface area contributed by atoms with Crippen LogP contribution in [0.4, 0.5) is 16.2 Å². The Bertz CT molecular complexity index is 422. The number of nitrogens with one attached hydrogen (secondary N) is 2. The van der Waals surface area contributed by atoms with Crippen LogP contribution in [0.5, 0.6) is 0 Å². The molecule has 1 aliphatic rings. The third-order valence-electron chi connectivity index (χ3n) is 3.65. The van der Waals surface area contributed by atoms with Gasteiger partial charge >= 0.3 is 0 Å². The molecule has 1 fully saturated rings. The van der Waals surface area contributed by atoms with Gasteiger partial charge in [-0.3, -0.25) is 0 Å². The average Bonchev–Trinajstić information content (AvgIpc) is 2.46. The van der Waals surface area contributed by atoms with E-state index in [1.807, 2.05) is 6.92 Å². The highest BCUT2D eigenvalue weighted by Crippen LogP contribution is 2.24. The number of nitrogens with zero attached hydrogens (tertiary/aromatic N) is 2. The van der Waals surface area contributed by atoms with Gasteiger partial charge in [0.1, 0.15) is 0 Å². The van der Waals surface area contributed by atoms with Crippen LogP contribution >= 0.6 is 0 Å². The van der Waals surface area contributed by atoms with Crippen LogP contribution in [0.1, 0.15) is 39.0 Å². The van der Waals surface area contributed by atoms with E-state index < -0.39 is 5.82 Å². The highest BCUT2D eigenvalue weighted by molar-refractivity contribution is 5.41. The number of hydrogen-bond acceptors (Lipinski definition) is 5. The molecule has 2 rings (SSSR count). The van der Waals surface area contributed by atoms with E-state index in [1.165, 1.54) is 6.20 Å². The zero-order valence-corrected chi connectivity index (χ0v) is 11.9. The zero-order valence-electron chi connectivity index (χ0n) is 11.9. The van der Waals surface area contributed by atoms with E-state index in [0.29, 0.717) is 18.4 Å². The molecular formula is C14H23FN4O. The van der Waals surface area contributed by atoms with E-state index in [9.17, 15) is 9.50 Å². The summed E-state index contributed by atoms with van der Waals surface area (Å²) in [5.74, 6) is 0.752. The van der Waals surface area contributed by atoms with Crippen LogP contribution in [0.3, 0.4) is 0 Å². The molecule has 0 saturated heterocycles. The highest BCUT2D eigenvalue weighted by Gasteiger charge is 2.19. The summed E-state index contributed by atoms with van der Waals surface area (Å²) in [4.78, 5) is 8.06. The standard InChI is InChI=1S/C14H23FN4O/c1-2-7-16-14-18-9-12(15)13(19-14)17-8-10-3-5-11(20)6-4-10/h9-11,20H,2-8H2,1H3,(H2,16,17,18,19). The van der Waals surface area contributed by atoms with Gasteiger partial charge < -0.3 is 15.7 Å². The first-order valence-electron chi connectivity index (χ1n) is 7.37. The van der Waals surface area contributed by atoms with Crippen LogP contribution in [0.25, 0.3) is 0 Å². The van der Waals surface area contributed by atoms with Crippen molar-refractivity contribution in [3.05, 3.63) is 12.0 Å². The van der Waals surface area contributed by atoms with Crippen molar-refractivity contribution in [2.75, 3.05) is 23.7 Å². The Labute approximate surface area is 119 Å². The molecular weight excluding hydrogens is 259 g/mol. The Morgan fingerprint density at radius 2 is 2.05 bits per heavy atom. The number of aromatic nitrogens is 2. The monoisotopic (exact) mass is 282 g/mol. The lowest BCUT2D eigenvalue weighted by molar-refractivity contribution is 0.111. The first-order chi connectivity index (χ1) is 9.69. The number of rotatable bonds is 6. The number of anilines is 2. The van der Waals surface area contributed by atoms with Crippen molar-refractivity contribution in [1.82, 2.24) is 9.97 Å². The van der Waals surface area contributed by atoms with Crippen molar-refractivity contribution < 1.29 is 9.50 Å². The highest BCUT2D eigenvalue weighted by atomic mass is 19.1. The summed E-state index contributed by atoms with van der Waals surface area (Å²) in [7, 11) is 0. The summed E-state index contributed by atoms with van der Waals surface area (Å²) in [5, 5.41) is 15.6. The first-order valence-corrected chi connectivity index (χ1v) is 7.37. The Hall–Kier alpha value is -1.43. The van der Waals surface area contributed by atoms with Crippen LogP contribution < -0.4 is 10.6 Å². The van der Waals surface area contributed by atoms with Gasteiger partial charge in [-0.1, -0.05) is 6.92 Å². The van der Waals surface area contributed by atoms with Gasteiger partial charge in [-0.15, -0.1) is 0 Å². The van der Waals surface area contributed by atoms with Gasteiger partial charge in [-0.05, 0) is 38.0 Å². The molecule has 0 unspecified atom stereocenters. The van der Waals surface area contributed by atoms with E-state index in [-0.39, 0.29) is 11.9 Å². The molecule has 1 aromatic heterocycles. The predicted octanol–water partition coefficient (Wildman–Crippen LogP) is 2.40. The molecule has 1 saturated carbocycles. The number of halogens is 1. The number of aliphatic hydroxyl groups is 1. The Balaban J connectivity index is 1.87. The van der Waals surface area contributed by atoms with E-state index in [2.05, 4.69) is 20.6 Å². The molecule has 0 radical (unpaired) electrons. The lowest BCUT2D eigenvalue weighted by Gasteiger charge is -2.25. The van der Waals surface area contributed by atoms with E-state index in [0.717, 1.165) is 38.6 Å². The van der Waals surface area contributed by atoms with Crippen LogP contribution in [-0.4, -0.2) is 34.3 Å². The average molecular weight is 282 g/mol. The molecule has 0 aliphatic heterocycles. The van der Waals surface area contributed by atoms with E-state index in [1.54, 1.807) is 0 Å². The molecule has 20 heavy (non-hydrogen) atoms. The quantitative estimate of drug-likeness (QED) is 0.747. The van der Waals surface area contributed by atoms with Crippen LogP contribution in [0.15, 0.2) is 6.20 Å². The summed E-state index contributed by atoms with van der Waals surface area (Å²) >= 11 is 0. The van der Waals surface area contributed by atoms with E-state index >= 15 is 0 Å². The van der Waals surface area contributed by atoms with Gasteiger partial charge in [0.25, 0.3) is 0 Å². The Morgan fingerprint density at radius 3 is 2.75 bits per heavy atom. The Kier molecular flexibility index (Phi) is 5.52. The minimum Gasteiger partial charge on any atom is -0.393 e. The fourth-order valence-corrected chi connectivity index (χ4v) is 2.40. The molecule has 112 valence electrons. The summed E-state index contributed by atoms with van der Waals surface area (Å²) in [6.07, 6.45) is 5.62. The maximum absolute atomic E-state index is 13.7. The molecule has 0 atom stereocenters. The molecule has 6 heteroatoms. The molecule has 1 aliphatic carbocycles. The van der Waals surface area contributed by atoms with Gasteiger partial charge in [-0.2, -0.15) is 4.98 Å². The topological polar surface area (TPSA) is 70.1 Å². The van der Waals surface area contributed by atoms with Crippen molar-refractivity contribution in [2.24, 2.45) is 5.92 Å². The maximum atomic E-state index is 13.7. The fourth-order valence-electron chi connectivity index (χ4n) is 2.40. The van der Waals surface area contributed by atoms with Gasteiger partial charge in [-0.25, -0.2) is 9.37 Å². The van der Waals surface area contributed by atoms with Crippen molar-refractivity contribution in [3.63, 3.8) is 0 Å². The van der Waals surface area contributed by atoms with E-state index in [4.69, 9.17) is 0 Å². The van der Waals surface area contributed by atoms with Gasteiger partial charge in [0.15, 0.2) is 11.6 Å². The summed E-state index contributed by atoms with van der Waals surface area (Å²) in [6.45, 7) is 3.51. The molecule has 5 nitrogen and oxygen atoms in total. The molecule has 3 N–H and O–H groups in total. The van der Waals surface area contributed by atoms with Crippen molar-refractivity contribution in [1.29, 1.82) is 0 Å². The third kappa shape index (κ3) is 4.30. The molecule has 0 amide bonds. The molecule has 1 aromatic rings. The van der Waals surface area contributed by atoms with Crippen molar-refractivity contribution >= 4 is 11.8 Å². The minimum atomic E-state index is -0.428. The second-order valence-corrected chi connectivity index (χ2v) is 5.37. The third-order valence-corrected chi connectivity index (χ3v) is 3.65. The van der Waals surface area contributed by atoms with Crippen LogP contribution in [0, 0.1) is 11.7 Å². The predicted molar refractivity (Wildman–Crippen MR) is 77.2 cm³/mol. The van der Waals surface area contributed by atoms with Crippen LogP contribution in [-0.2, 0) is 0 Å². The Morgan fingerprint density at radius 1 is 1.30 bits per heavy atom. The smallest absolute Gasteiger partial charge is 0.224 e. The lowest BCUT2D eigenvalue weighted by Crippen LogP contribution is -2.24. The summed E-state index contributed by atoms with van der Waals surface area (Å²) < 4.78 is 13.7. The molecule has 0 spiro atoms. The van der Waals surface area contributed by atoms with Crippen molar-refractivity contribution in [2.45, 2.75) is 45.1 Å². The SMILES string of the molecule is CCCNc1ncc(F)c(NCC2CCC(O)CC2)n1. The largest absolute Gasteiger partial charge is 0.393 e. The zero-order chi connectivity index (χ0) is 14.4. The second kappa shape index (κ2) is 7.38. The molecule has 0 bridgehead atoms. The van der Waals surface area contributed by atoms with Gasteiger partial charge in [0.05, 0.1) is 12.3 Å². The maximum Gasteiger partial charge on any atom is 0.224 e. The number of hydrogen-bond donors (Lipinski definition) is 3. The summed E-state index contributed by atoms with van der Waals surface area (Å²) in [5.41, 5.74) is 0. The lowest BCUT2D eigenvalue weighted by atomic mass is 9.87. The summed E-state index contributed by atoms with van der Waals surface area (Å²) in [6, 6.07) is 0. The first kappa shape index (κ1) is 15.0. The van der Waals surface area contributed by atoms with Gasteiger partial charge in [0, 0.05) is 13.1 Å². The second-order valence-electron chi connectivity index (χ2n) is 5.37. The van der Waals surface area contributed by atoms with Crippen molar-refractivity contribution in [3.8, 4) is 0 Å². The normalized spacial score (nSPS) is 22.6. The number of aliphatic hydroxyl groups excluding tert-OH is 1. The minimum absolute atomic E-state index is 0.160. The van der Waals surface area contributed by atoms with Crippen LogP contribution in [0.2, 0.25) is 0 Å². The van der Waals surface area contributed by atoms with Gasteiger partial charge in [0.2, 0.25) is 5.95 Å². The molecule has 0 aromatic carbocycles. The molecule has 1 heterocycles.